The molecule has 0 aliphatic carbocycles. The molecule has 1 aromatic rings. The van der Waals surface area contributed by atoms with Crippen molar-refractivity contribution in [3.63, 3.8) is 0 Å². The van der Waals surface area contributed by atoms with Crippen LogP contribution in [0.15, 0.2) is 18.2 Å². The van der Waals surface area contributed by atoms with Crippen LogP contribution in [0.1, 0.15) is 11.1 Å². The molecule has 0 fully saturated rings. The number of rotatable bonds is 1. The summed E-state index contributed by atoms with van der Waals surface area (Å²) in [6.45, 7) is 2.62. The predicted molar refractivity (Wildman–Crippen MR) is 49.7 cm³/mol. The summed E-state index contributed by atoms with van der Waals surface area (Å²) in [5, 5.41) is 15.2. The second-order valence-electron chi connectivity index (χ2n) is 2.85. The van der Waals surface area contributed by atoms with Crippen LogP contribution in [-0.4, -0.2) is 23.4 Å². The van der Waals surface area contributed by atoms with Crippen LogP contribution in [0.2, 0.25) is 0 Å². The predicted octanol–water partition coefficient (Wildman–Crippen LogP) is 0.858. The Morgan fingerprint density at radius 2 is 2.00 bits per heavy atom. The highest BCUT2D eigenvalue weighted by atomic mass is 16.5. The van der Waals surface area contributed by atoms with Gasteiger partial charge in [0.2, 0.25) is 0 Å². The average molecular weight is 182 g/mol. The van der Waals surface area contributed by atoms with Gasteiger partial charge in [0.05, 0.1) is 13.2 Å². The van der Waals surface area contributed by atoms with Crippen molar-refractivity contribution in [2.24, 2.45) is 0 Å². The molecule has 0 saturated carbocycles. The molecule has 3 heteroatoms. The Labute approximate surface area is 77.6 Å². The highest BCUT2D eigenvalue weighted by molar-refractivity contribution is 5.41. The Balaban J connectivity index is 0.000000184. The van der Waals surface area contributed by atoms with Crippen LogP contribution >= 0.6 is 0 Å². The molecule has 0 unspecified atom stereocenters. The third-order valence-electron chi connectivity index (χ3n) is 1.71. The molecule has 0 aromatic heterocycles. The van der Waals surface area contributed by atoms with E-state index < -0.39 is 0 Å². The molecule has 0 spiro atoms. The van der Waals surface area contributed by atoms with Gasteiger partial charge in [0.1, 0.15) is 12.4 Å². The molecule has 2 N–H and O–H groups in total. The van der Waals surface area contributed by atoms with Gasteiger partial charge >= 0.3 is 0 Å². The van der Waals surface area contributed by atoms with Crippen molar-refractivity contribution in [1.82, 2.24) is 0 Å². The maximum Gasteiger partial charge on any atom is 0.126 e. The fourth-order valence-electron chi connectivity index (χ4n) is 0.990. The van der Waals surface area contributed by atoms with Crippen molar-refractivity contribution < 1.29 is 14.9 Å². The van der Waals surface area contributed by atoms with E-state index in [0.29, 0.717) is 0 Å². The van der Waals surface area contributed by atoms with Gasteiger partial charge in [-0.2, -0.15) is 0 Å². The van der Waals surface area contributed by atoms with Gasteiger partial charge in [0.15, 0.2) is 0 Å². The van der Waals surface area contributed by atoms with Gasteiger partial charge in [-0.25, -0.2) is 0 Å². The highest BCUT2D eigenvalue weighted by Gasteiger charge is 2.12. The minimum absolute atomic E-state index is 0.125. The fraction of sp³-hybridized carbons (Fsp3) is 0.400. The zero-order chi connectivity index (χ0) is 9.68. The number of ether oxygens (including phenoxy) is 1. The second kappa shape index (κ2) is 4.84. The van der Waals surface area contributed by atoms with E-state index in [2.05, 4.69) is 25.1 Å². The lowest BCUT2D eigenvalue weighted by molar-refractivity contribution is 0.186. The van der Waals surface area contributed by atoms with Crippen LogP contribution in [0.25, 0.3) is 0 Å². The molecular formula is C10H14O3. The molecule has 2 rings (SSSR count). The Morgan fingerprint density at radius 3 is 2.31 bits per heavy atom. The van der Waals surface area contributed by atoms with Crippen molar-refractivity contribution in [2.45, 2.75) is 13.5 Å². The van der Waals surface area contributed by atoms with E-state index in [1.54, 1.807) is 0 Å². The molecule has 0 radical (unpaired) electrons. The number of benzene rings is 1. The summed E-state index contributed by atoms with van der Waals surface area (Å²) in [4.78, 5) is 0. The average Bonchev–Trinajstić information content (AvgIpc) is 2.11. The van der Waals surface area contributed by atoms with E-state index in [4.69, 9.17) is 14.9 Å². The first-order valence-electron chi connectivity index (χ1n) is 4.22. The summed E-state index contributed by atoms with van der Waals surface area (Å²) < 4.78 is 5.16. The third kappa shape index (κ3) is 2.72. The smallest absolute Gasteiger partial charge is 0.126 e. The Kier molecular flexibility index (Phi) is 3.73. The van der Waals surface area contributed by atoms with Gasteiger partial charge in [-0.1, -0.05) is 12.1 Å². The van der Waals surface area contributed by atoms with Crippen molar-refractivity contribution in [3.8, 4) is 5.75 Å². The summed E-state index contributed by atoms with van der Waals surface area (Å²) >= 11 is 0. The molecule has 72 valence electrons. The van der Waals surface area contributed by atoms with E-state index in [1.807, 2.05) is 0 Å². The Bertz CT molecular complexity index is 269. The Morgan fingerprint density at radius 1 is 1.31 bits per heavy atom. The first kappa shape index (κ1) is 10.0. The molecule has 0 atom stereocenters. The lowest BCUT2D eigenvalue weighted by Gasteiger charge is -2.19. The Hall–Kier alpha value is -1.06. The first-order chi connectivity index (χ1) is 6.27. The summed E-state index contributed by atoms with van der Waals surface area (Å²) in [7, 11) is 0. The SMILES string of the molecule is Cc1ccc2c(c1)OC2.OCCO. The number of aryl methyl sites for hydroxylation is 1. The zero-order valence-electron chi connectivity index (χ0n) is 7.66. The second-order valence-corrected chi connectivity index (χ2v) is 2.85. The van der Waals surface area contributed by atoms with E-state index in [-0.39, 0.29) is 13.2 Å². The van der Waals surface area contributed by atoms with E-state index in [1.165, 1.54) is 11.1 Å². The van der Waals surface area contributed by atoms with Crippen molar-refractivity contribution in [1.29, 1.82) is 0 Å². The van der Waals surface area contributed by atoms with E-state index >= 15 is 0 Å². The molecule has 1 aromatic carbocycles. The number of aliphatic hydroxyl groups excluding tert-OH is 2. The standard InChI is InChI=1S/C8H8O.C2H6O2/c1-6-2-3-7-5-9-8(7)4-6;3-1-2-4/h2-4H,5H2,1H3;3-4H,1-2H2. The number of hydrogen-bond donors (Lipinski definition) is 2. The van der Waals surface area contributed by atoms with Crippen molar-refractivity contribution in [3.05, 3.63) is 29.3 Å². The zero-order valence-corrected chi connectivity index (χ0v) is 7.66. The molecule has 0 bridgehead atoms. The number of hydrogen-bond acceptors (Lipinski definition) is 3. The van der Waals surface area contributed by atoms with Gasteiger partial charge in [-0.15, -0.1) is 0 Å². The monoisotopic (exact) mass is 182 g/mol. The topological polar surface area (TPSA) is 49.7 Å². The highest BCUT2D eigenvalue weighted by Crippen LogP contribution is 2.28. The van der Waals surface area contributed by atoms with Crippen molar-refractivity contribution >= 4 is 0 Å². The number of fused-ring (bicyclic) bond motifs is 1. The maximum atomic E-state index is 7.62. The number of aliphatic hydroxyl groups is 2. The molecule has 1 aliphatic rings. The molecule has 1 heterocycles. The van der Waals surface area contributed by atoms with Gasteiger partial charge < -0.3 is 14.9 Å². The normalized spacial score (nSPS) is 11.6. The van der Waals surface area contributed by atoms with Gasteiger partial charge in [0.25, 0.3) is 0 Å². The van der Waals surface area contributed by atoms with Crippen LogP contribution in [0, 0.1) is 6.92 Å². The maximum absolute atomic E-state index is 7.62. The largest absolute Gasteiger partial charge is 0.488 e. The van der Waals surface area contributed by atoms with Crippen LogP contribution < -0.4 is 4.74 Å². The molecule has 1 aliphatic heterocycles. The minimum Gasteiger partial charge on any atom is -0.488 e. The first-order valence-corrected chi connectivity index (χ1v) is 4.22. The van der Waals surface area contributed by atoms with Crippen LogP contribution in [0.4, 0.5) is 0 Å². The van der Waals surface area contributed by atoms with Gasteiger partial charge in [-0.05, 0) is 18.6 Å². The third-order valence-corrected chi connectivity index (χ3v) is 1.71. The summed E-state index contributed by atoms with van der Waals surface area (Å²) in [5.74, 6) is 1.06. The molecule has 0 saturated heterocycles. The minimum atomic E-state index is -0.125. The van der Waals surface area contributed by atoms with Crippen LogP contribution in [-0.2, 0) is 6.61 Å². The molecule has 0 amide bonds. The lowest BCUT2D eigenvalue weighted by Crippen LogP contribution is -2.08. The summed E-state index contributed by atoms with van der Waals surface area (Å²) in [6, 6.07) is 6.30. The summed E-state index contributed by atoms with van der Waals surface area (Å²) in [6.07, 6.45) is 0. The van der Waals surface area contributed by atoms with E-state index in [0.717, 1.165) is 12.4 Å². The van der Waals surface area contributed by atoms with E-state index in [9.17, 15) is 0 Å². The molecule has 13 heavy (non-hydrogen) atoms. The molecular weight excluding hydrogens is 168 g/mol. The van der Waals surface area contributed by atoms with Gasteiger partial charge in [0, 0.05) is 5.56 Å². The lowest BCUT2D eigenvalue weighted by atomic mass is 10.1. The van der Waals surface area contributed by atoms with Crippen molar-refractivity contribution in [2.75, 3.05) is 13.2 Å². The molecule has 3 nitrogen and oxygen atoms in total. The van der Waals surface area contributed by atoms with Crippen LogP contribution in [0.3, 0.4) is 0 Å². The van der Waals surface area contributed by atoms with Gasteiger partial charge in [-0.3, -0.25) is 0 Å². The van der Waals surface area contributed by atoms with Crippen LogP contribution in [0.5, 0.6) is 5.75 Å². The fourth-order valence-corrected chi connectivity index (χ4v) is 0.990. The summed E-state index contributed by atoms with van der Waals surface area (Å²) in [5.41, 5.74) is 2.61. The quantitative estimate of drug-likeness (QED) is 0.677.